The maximum absolute atomic E-state index is 13.2. The van der Waals surface area contributed by atoms with Gasteiger partial charge in [-0.2, -0.15) is 5.26 Å². The zero-order valence-electron chi connectivity index (χ0n) is 14.6. The number of rotatable bonds is 3. The number of aromatic nitrogens is 1. The Balaban J connectivity index is 1.93. The fraction of sp³-hybridized carbons (Fsp3) is 0.238. The van der Waals surface area contributed by atoms with Crippen LogP contribution in [0.5, 0.6) is 5.75 Å². The summed E-state index contributed by atoms with van der Waals surface area (Å²) in [6.07, 6.45) is 0. The Hall–Kier alpha value is -3.10. The number of hydrogen-bond acceptors (Lipinski definition) is 4. The Morgan fingerprint density at radius 3 is 2.77 bits per heavy atom. The van der Waals surface area contributed by atoms with Crippen molar-refractivity contribution < 1.29 is 14.6 Å². The smallest absolute Gasteiger partial charge is 0.195 e. The molecule has 2 N–H and O–H groups in total. The van der Waals surface area contributed by atoms with Gasteiger partial charge in [0.1, 0.15) is 12.4 Å². The minimum Gasteiger partial charge on any atom is -0.491 e. The minimum atomic E-state index is -0.428. The van der Waals surface area contributed by atoms with Crippen molar-refractivity contribution in [2.75, 3.05) is 13.2 Å². The van der Waals surface area contributed by atoms with Gasteiger partial charge in [0.2, 0.25) is 0 Å². The lowest BCUT2D eigenvalue weighted by Crippen LogP contribution is -2.30. The van der Waals surface area contributed by atoms with Crippen LogP contribution in [0.4, 0.5) is 0 Å². The molecule has 4 rings (SSSR count). The number of nitriles is 1. The molecule has 0 bridgehead atoms. The number of ketones is 1. The lowest BCUT2D eigenvalue weighted by Gasteiger charge is -2.32. The van der Waals surface area contributed by atoms with Crippen LogP contribution in [0.2, 0.25) is 0 Å². The van der Waals surface area contributed by atoms with E-state index in [0.717, 1.165) is 22.2 Å². The fourth-order valence-electron chi connectivity index (χ4n) is 3.73. The van der Waals surface area contributed by atoms with E-state index in [2.05, 4.69) is 24.9 Å². The van der Waals surface area contributed by atoms with Crippen LogP contribution < -0.4 is 4.74 Å². The van der Waals surface area contributed by atoms with Gasteiger partial charge in [-0.05, 0) is 35.9 Å². The molecule has 26 heavy (non-hydrogen) atoms. The van der Waals surface area contributed by atoms with Crippen LogP contribution >= 0.6 is 0 Å². The SMILES string of the molecule is CC1(C)c2cc(OCCO)ccc2C(=O)c2c1[nH]c1cc(C#N)ccc21. The molecule has 0 saturated carbocycles. The van der Waals surface area contributed by atoms with Crippen molar-refractivity contribution in [3.8, 4) is 11.8 Å². The highest BCUT2D eigenvalue weighted by Gasteiger charge is 2.39. The van der Waals surface area contributed by atoms with Crippen molar-refractivity contribution in [3.05, 3.63) is 64.3 Å². The quantitative estimate of drug-likeness (QED) is 0.762. The molecule has 0 spiro atoms. The van der Waals surface area contributed by atoms with Gasteiger partial charge >= 0.3 is 0 Å². The van der Waals surface area contributed by atoms with Crippen LogP contribution in [0.3, 0.4) is 0 Å². The number of carbonyl (C=O) groups is 1. The molecular weight excluding hydrogens is 328 g/mol. The molecule has 1 aromatic heterocycles. The number of aliphatic hydroxyl groups is 1. The van der Waals surface area contributed by atoms with Crippen molar-refractivity contribution in [3.63, 3.8) is 0 Å². The molecule has 0 atom stereocenters. The number of nitrogens with zero attached hydrogens (tertiary/aromatic N) is 1. The van der Waals surface area contributed by atoms with E-state index in [1.807, 2.05) is 12.1 Å². The summed E-state index contributed by atoms with van der Waals surface area (Å²) < 4.78 is 5.52. The summed E-state index contributed by atoms with van der Waals surface area (Å²) in [4.78, 5) is 16.5. The highest BCUT2D eigenvalue weighted by Crippen LogP contribution is 2.44. The number of ether oxygens (including phenoxy) is 1. The molecule has 1 aliphatic carbocycles. The first-order valence-corrected chi connectivity index (χ1v) is 8.46. The molecular formula is C21H18N2O3. The van der Waals surface area contributed by atoms with Crippen LogP contribution in [0.1, 0.15) is 46.6 Å². The number of aromatic amines is 1. The summed E-state index contributed by atoms with van der Waals surface area (Å²) in [7, 11) is 0. The van der Waals surface area contributed by atoms with Gasteiger partial charge in [-0.3, -0.25) is 4.79 Å². The second kappa shape index (κ2) is 5.72. The van der Waals surface area contributed by atoms with E-state index in [9.17, 15) is 4.79 Å². The van der Waals surface area contributed by atoms with Gasteiger partial charge in [0.25, 0.3) is 0 Å². The molecule has 0 unspecified atom stereocenters. The van der Waals surface area contributed by atoms with Crippen molar-refractivity contribution >= 4 is 16.7 Å². The number of aliphatic hydroxyl groups excluding tert-OH is 1. The Morgan fingerprint density at radius 1 is 1.23 bits per heavy atom. The van der Waals surface area contributed by atoms with Crippen LogP contribution in [0.15, 0.2) is 36.4 Å². The third kappa shape index (κ3) is 2.23. The first-order chi connectivity index (χ1) is 12.5. The molecule has 5 nitrogen and oxygen atoms in total. The molecule has 0 radical (unpaired) electrons. The number of carbonyl (C=O) groups excluding carboxylic acids is 1. The largest absolute Gasteiger partial charge is 0.491 e. The lowest BCUT2D eigenvalue weighted by atomic mass is 9.71. The number of H-pyrrole nitrogens is 1. The van der Waals surface area contributed by atoms with Gasteiger partial charge in [0.05, 0.1) is 23.8 Å². The maximum Gasteiger partial charge on any atom is 0.195 e. The van der Waals surface area contributed by atoms with E-state index >= 15 is 0 Å². The predicted molar refractivity (Wildman–Crippen MR) is 97.6 cm³/mol. The highest BCUT2D eigenvalue weighted by atomic mass is 16.5. The van der Waals surface area contributed by atoms with Gasteiger partial charge in [-0.15, -0.1) is 0 Å². The van der Waals surface area contributed by atoms with E-state index in [1.165, 1.54) is 0 Å². The summed E-state index contributed by atoms with van der Waals surface area (Å²) in [6, 6.07) is 12.9. The van der Waals surface area contributed by atoms with E-state index in [0.29, 0.717) is 22.4 Å². The van der Waals surface area contributed by atoms with Gasteiger partial charge in [0.15, 0.2) is 5.78 Å². The first kappa shape index (κ1) is 16.4. The van der Waals surface area contributed by atoms with Gasteiger partial charge in [-0.1, -0.05) is 19.9 Å². The molecule has 2 aromatic carbocycles. The summed E-state index contributed by atoms with van der Waals surface area (Å²) in [5, 5.41) is 18.9. The maximum atomic E-state index is 13.2. The van der Waals surface area contributed by atoms with Gasteiger partial charge < -0.3 is 14.8 Å². The highest BCUT2D eigenvalue weighted by molar-refractivity contribution is 6.20. The van der Waals surface area contributed by atoms with Crippen molar-refractivity contribution in [2.24, 2.45) is 0 Å². The second-order valence-corrected chi connectivity index (χ2v) is 6.98. The number of hydrogen-bond donors (Lipinski definition) is 2. The normalized spacial score (nSPS) is 14.6. The Morgan fingerprint density at radius 2 is 2.04 bits per heavy atom. The van der Waals surface area contributed by atoms with Crippen molar-refractivity contribution in [1.82, 2.24) is 4.98 Å². The summed E-state index contributed by atoms with van der Waals surface area (Å²) in [5.74, 6) is 0.601. The van der Waals surface area contributed by atoms with E-state index < -0.39 is 5.41 Å². The molecule has 0 saturated heterocycles. The molecule has 1 heterocycles. The van der Waals surface area contributed by atoms with Crippen molar-refractivity contribution in [1.29, 1.82) is 5.26 Å². The number of fused-ring (bicyclic) bond motifs is 4. The zero-order valence-corrected chi connectivity index (χ0v) is 14.6. The third-order valence-corrected chi connectivity index (χ3v) is 5.05. The second-order valence-electron chi connectivity index (χ2n) is 6.98. The van der Waals surface area contributed by atoms with E-state index in [4.69, 9.17) is 15.1 Å². The number of benzene rings is 2. The Bertz CT molecular complexity index is 1090. The zero-order chi connectivity index (χ0) is 18.5. The standard InChI is InChI=1S/C21H18N2O3/c1-21(2)16-10-13(26-8-7-24)4-6-14(16)19(25)18-15-5-3-12(11-22)9-17(15)23-20(18)21/h3-6,9-10,23-24H,7-8H2,1-2H3. The average molecular weight is 346 g/mol. The Labute approximate surface area is 150 Å². The fourth-order valence-corrected chi connectivity index (χ4v) is 3.73. The average Bonchev–Trinajstić information content (AvgIpc) is 3.04. The first-order valence-electron chi connectivity index (χ1n) is 8.46. The van der Waals surface area contributed by atoms with Gasteiger partial charge in [0, 0.05) is 27.6 Å². The molecule has 5 heteroatoms. The molecule has 130 valence electrons. The van der Waals surface area contributed by atoms with E-state index in [1.54, 1.807) is 24.3 Å². The van der Waals surface area contributed by atoms with Crippen LogP contribution in [0.25, 0.3) is 10.9 Å². The summed E-state index contributed by atoms with van der Waals surface area (Å²) in [5.41, 5.74) is 3.98. The Kier molecular flexibility index (Phi) is 3.60. The van der Waals surface area contributed by atoms with Crippen LogP contribution in [-0.2, 0) is 5.41 Å². The molecule has 3 aromatic rings. The van der Waals surface area contributed by atoms with Crippen LogP contribution in [0, 0.1) is 11.3 Å². The monoisotopic (exact) mass is 346 g/mol. The summed E-state index contributed by atoms with van der Waals surface area (Å²) in [6.45, 7) is 4.27. The third-order valence-electron chi connectivity index (χ3n) is 5.05. The van der Waals surface area contributed by atoms with Gasteiger partial charge in [-0.25, -0.2) is 0 Å². The molecule has 0 fully saturated rings. The lowest BCUT2D eigenvalue weighted by molar-refractivity contribution is 0.103. The molecule has 0 amide bonds. The minimum absolute atomic E-state index is 0.0287. The molecule has 1 aliphatic rings. The van der Waals surface area contributed by atoms with Crippen LogP contribution in [-0.4, -0.2) is 29.1 Å². The predicted octanol–water partition coefficient (Wildman–Crippen LogP) is 3.28. The summed E-state index contributed by atoms with van der Waals surface area (Å²) >= 11 is 0. The topological polar surface area (TPSA) is 86.1 Å². The van der Waals surface area contributed by atoms with Crippen molar-refractivity contribution in [2.45, 2.75) is 19.3 Å². The molecule has 0 aliphatic heterocycles. The number of nitrogens with one attached hydrogen (secondary N) is 1. The van der Waals surface area contributed by atoms with E-state index in [-0.39, 0.29) is 19.0 Å².